The van der Waals surface area contributed by atoms with E-state index < -0.39 is 10.0 Å². The van der Waals surface area contributed by atoms with Gasteiger partial charge in [-0.1, -0.05) is 6.92 Å². The van der Waals surface area contributed by atoms with Gasteiger partial charge < -0.3 is 9.47 Å². The molecular weight excluding hydrogens is 302 g/mol. The highest BCUT2D eigenvalue weighted by molar-refractivity contribution is 7.89. The van der Waals surface area contributed by atoms with E-state index in [4.69, 9.17) is 21.1 Å². The molecule has 1 aromatic carbocycles. The standard InChI is InChI=1S/C13H20ClNO4S/c1-3-7-19-13-5-4-12(9-11(13)10-14)20(16,17)15-6-8-18-2/h4-5,9,15H,3,6-8,10H2,1-2H3. The molecule has 0 heterocycles. The Bertz CT molecular complexity index is 519. The van der Waals surface area contributed by atoms with Crippen LogP contribution in [-0.4, -0.2) is 35.3 Å². The molecule has 0 aromatic heterocycles. The van der Waals surface area contributed by atoms with Crippen molar-refractivity contribution < 1.29 is 17.9 Å². The molecule has 0 atom stereocenters. The van der Waals surface area contributed by atoms with E-state index in [-0.39, 0.29) is 17.3 Å². The number of rotatable bonds is 9. The van der Waals surface area contributed by atoms with Crippen molar-refractivity contribution in [3.63, 3.8) is 0 Å². The number of ether oxygens (including phenoxy) is 2. The molecule has 7 heteroatoms. The average molecular weight is 322 g/mol. The van der Waals surface area contributed by atoms with Crippen LogP contribution in [0.2, 0.25) is 0 Å². The van der Waals surface area contributed by atoms with Gasteiger partial charge in [0.15, 0.2) is 0 Å². The lowest BCUT2D eigenvalue weighted by Crippen LogP contribution is -2.27. The summed E-state index contributed by atoms with van der Waals surface area (Å²) in [5.41, 5.74) is 0.662. The van der Waals surface area contributed by atoms with E-state index in [0.717, 1.165) is 6.42 Å². The number of benzene rings is 1. The number of hydrogen-bond donors (Lipinski definition) is 1. The highest BCUT2D eigenvalue weighted by atomic mass is 35.5. The van der Waals surface area contributed by atoms with Crippen LogP contribution >= 0.6 is 11.6 Å². The van der Waals surface area contributed by atoms with E-state index in [1.807, 2.05) is 6.92 Å². The molecular formula is C13H20ClNO4S. The molecule has 0 radical (unpaired) electrons. The molecule has 20 heavy (non-hydrogen) atoms. The van der Waals surface area contributed by atoms with Crippen LogP contribution in [0.4, 0.5) is 0 Å². The van der Waals surface area contributed by atoms with E-state index in [1.165, 1.54) is 19.2 Å². The van der Waals surface area contributed by atoms with Gasteiger partial charge in [0, 0.05) is 19.2 Å². The van der Waals surface area contributed by atoms with Gasteiger partial charge in [-0.05, 0) is 24.6 Å². The van der Waals surface area contributed by atoms with E-state index in [2.05, 4.69) is 4.72 Å². The summed E-state index contributed by atoms with van der Waals surface area (Å²) in [4.78, 5) is 0.174. The number of methoxy groups -OCH3 is 1. The quantitative estimate of drug-likeness (QED) is 0.559. The van der Waals surface area contributed by atoms with Crippen molar-refractivity contribution in [3.05, 3.63) is 23.8 Å². The first-order valence-electron chi connectivity index (χ1n) is 6.35. The zero-order valence-electron chi connectivity index (χ0n) is 11.7. The maximum Gasteiger partial charge on any atom is 0.240 e. The first-order chi connectivity index (χ1) is 9.55. The molecule has 1 rings (SSSR count). The van der Waals surface area contributed by atoms with Gasteiger partial charge in [-0.2, -0.15) is 0 Å². The fourth-order valence-electron chi connectivity index (χ4n) is 1.54. The first kappa shape index (κ1) is 17.2. The van der Waals surface area contributed by atoms with Gasteiger partial charge >= 0.3 is 0 Å². The van der Waals surface area contributed by atoms with Crippen LogP contribution < -0.4 is 9.46 Å². The van der Waals surface area contributed by atoms with Crippen LogP contribution in [0.5, 0.6) is 5.75 Å². The van der Waals surface area contributed by atoms with Crippen LogP contribution in [-0.2, 0) is 20.6 Å². The zero-order valence-corrected chi connectivity index (χ0v) is 13.3. The Labute approximate surface area is 125 Å². The van der Waals surface area contributed by atoms with Gasteiger partial charge in [-0.15, -0.1) is 11.6 Å². The number of alkyl halides is 1. The van der Waals surface area contributed by atoms with Crippen LogP contribution in [0.3, 0.4) is 0 Å². The minimum absolute atomic E-state index is 0.174. The largest absolute Gasteiger partial charge is 0.493 e. The number of nitrogens with one attached hydrogen (secondary N) is 1. The van der Waals surface area contributed by atoms with Crippen molar-refractivity contribution >= 4 is 21.6 Å². The Morgan fingerprint density at radius 2 is 2.05 bits per heavy atom. The van der Waals surface area contributed by atoms with Gasteiger partial charge in [-0.3, -0.25) is 0 Å². The maximum atomic E-state index is 12.0. The third-order valence-electron chi connectivity index (χ3n) is 2.55. The predicted octanol–water partition coefficient (Wildman–Crippen LogP) is 2.14. The van der Waals surface area contributed by atoms with Gasteiger partial charge in [-0.25, -0.2) is 13.1 Å². The molecule has 114 valence electrons. The lowest BCUT2D eigenvalue weighted by molar-refractivity contribution is 0.204. The Morgan fingerprint density at radius 1 is 1.30 bits per heavy atom. The van der Waals surface area contributed by atoms with E-state index in [1.54, 1.807) is 6.07 Å². The van der Waals surface area contributed by atoms with Gasteiger partial charge in [0.2, 0.25) is 10.0 Å². The van der Waals surface area contributed by atoms with Crippen molar-refractivity contribution in [2.75, 3.05) is 26.9 Å². The number of sulfonamides is 1. The summed E-state index contributed by atoms with van der Waals surface area (Å²) >= 11 is 5.84. The monoisotopic (exact) mass is 321 g/mol. The summed E-state index contributed by atoms with van der Waals surface area (Å²) in [7, 11) is -2.03. The average Bonchev–Trinajstić information content (AvgIpc) is 2.45. The topological polar surface area (TPSA) is 64.6 Å². The highest BCUT2D eigenvalue weighted by Crippen LogP contribution is 2.24. The van der Waals surface area contributed by atoms with E-state index in [9.17, 15) is 8.42 Å². The summed E-state index contributed by atoms with van der Waals surface area (Å²) in [6.45, 7) is 3.11. The molecule has 0 unspecified atom stereocenters. The molecule has 0 aliphatic heterocycles. The number of hydrogen-bond acceptors (Lipinski definition) is 4. The summed E-state index contributed by atoms with van der Waals surface area (Å²) in [5.74, 6) is 0.818. The first-order valence-corrected chi connectivity index (χ1v) is 8.37. The molecule has 1 aromatic rings. The van der Waals surface area contributed by atoms with E-state index in [0.29, 0.717) is 24.5 Å². The fraction of sp³-hybridized carbons (Fsp3) is 0.538. The molecule has 0 saturated heterocycles. The van der Waals surface area contributed by atoms with Crippen LogP contribution in [0.1, 0.15) is 18.9 Å². The smallest absolute Gasteiger partial charge is 0.240 e. The summed E-state index contributed by atoms with van der Waals surface area (Å²) in [5, 5.41) is 0. The van der Waals surface area contributed by atoms with Crippen molar-refractivity contribution in [1.82, 2.24) is 4.72 Å². The Kier molecular flexibility index (Phi) is 7.29. The molecule has 0 aliphatic carbocycles. The summed E-state index contributed by atoms with van der Waals surface area (Å²) in [6.07, 6.45) is 0.875. The normalized spacial score (nSPS) is 11.6. The third kappa shape index (κ3) is 4.94. The predicted molar refractivity (Wildman–Crippen MR) is 78.8 cm³/mol. The Balaban J connectivity index is 2.91. The molecule has 0 spiro atoms. The van der Waals surface area contributed by atoms with Crippen molar-refractivity contribution in [2.24, 2.45) is 0 Å². The molecule has 0 bridgehead atoms. The Morgan fingerprint density at radius 3 is 2.65 bits per heavy atom. The van der Waals surface area contributed by atoms with Gasteiger partial charge in [0.05, 0.1) is 24.0 Å². The second-order valence-electron chi connectivity index (χ2n) is 4.14. The molecule has 0 fully saturated rings. The van der Waals surface area contributed by atoms with Crippen molar-refractivity contribution in [1.29, 1.82) is 0 Å². The van der Waals surface area contributed by atoms with Crippen LogP contribution in [0, 0.1) is 0 Å². The molecule has 0 amide bonds. The SMILES string of the molecule is CCCOc1ccc(S(=O)(=O)NCCOC)cc1CCl. The zero-order chi connectivity index (χ0) is 15.0. The van der Waals surface area contributed by atoms with Gasteiger partial charge in [0.1, 0.15) is 5.75 Å². The van der Waals surface area contributed by atoms with Crippen LogP contribution in [0.25, 0.3) is 0 Å². The maximum absolute atomic E-state index is 12.0. The summed E-state index contributed by atoms with van der Waals surface area (Å²) < 4.78 is 36.9. The molecule has 0 saturated carbocycles. The van der Waals surface area contributed by atoms with Crippen molar-refractivity contribution in [2.45, 2.75) is 24.1 Å². The minimum atomic E-state index is -3.55. The minimum Gasteiger partial charge on any atom is -0.493 e. The second kappa shape index (κ2) is 8.46. The van der Waals surface area contributed by atoms with Gasteiger partial charge in [0.25, 0.3) is 0 Å². The number of halogens is 1. The lowest BCUT2D eigenvalue weighted by atomic mass is 10.2. The molecule has 5 nitrogen and oxygen atoms in total. The Hall–Kier alpha value is -0.820. The fourth-order valence-corrected chi connectivity index (χ4v) is 2.81. The van der Waals surface area contributed by atoms with Crippen molar-refractivity contribution in [3.8, 4) is 5.75 Å². The van der Waals surface area contributed by atoms with E-state index >= 15 is 0 Å². The highest BCUT2D eigenvalue weighted by Gasteiger charge is 2.15. The lowest BCUT2D eigenvalue weighted by Gasteiger charge is -2.12. The third-order valence-corrected chi connectivity index (χ3v) is 4.29. The molecule has 1 N–H and O–H groups in total. The summed E-state index contributed by atoms with van der Waals surface area (Å²) in [6, 6.07) is 4.68. The molecule has 0 aliphatic rings. The van der Waals surface area contributed by atoms with Crippen LogP contribution in [0.15, 0.2) is 23.1 Å². The second-order valence-corrected chi connectivity index (χ2v) is 6.18.